The van der Waals surface area contributed by atoms with Crippen LogP contribution >= 0.6 is 11.6 Å². The molecule has 0 aliphatic rings. The van der Waals surface area contributed by atoms with Crippen LogP contribution in [0.5, 0.6) is 5.75 Å². The van der Waals surface area contributed by atoms with Crippen LogP contribution in [-0.4, -0.2) is 18.5 Å². The molecule has 114 valence electrons. The van der Waals surface area contributed by atoms with E-state index in [2.05, 4.69) is 0 Å². The maximum atomic E-state index is 13.4. The van der Waals surface area contributed by atoms with Crippen molar-refractivity contribution < 1.29 is 23.5 Å². The lowest BCUT2D eigenvalue weighted by Crippen LogP contribution is -2.13. The topological polar surface area (TPSA) is 52.6 Å². The molecule has 0 saturated heterocycles. The molecular formula is C15H16ClFO4. The molecular weight excluding hydrogens is 299 g/mol. The van der Waals surface area contributed by atoms with Crippen LogP contribution in [0.15, 0.2) is 29.8 Å². The van der Waals surface area contributed by atoms with Crippen molar-refractivity contribution in [2.24, 2.45) is 0 Å². The summed E-state index contributed by atoms with van der Waals surface area (Å²) in [6, 6.07) is 3.93. The fraction of sp³-hybridized carbons (Fsp3) is 0.333. The van der Waals surface area contributed by atoms with Crippen molar-refractivity contribution in [3.63, 3.8) is 0 Å². The van der Waals surface area contributed by atoms with Crippen LogP contribution in [0.3, 0.4) is 0 Å². The minimum Gasteiger partial charge on any atom is -0.461 e. The highest BCUT2D eigenvalue weighted by Gasteiger charge is 2.14. The number of hydrogen-bond acceptors (Lipinski definition) is 4. The summed E-state index contributed by atoms with van der Waals surface area (Å²) < 4.78 is 23.1. The van der Waals surface area contributed by atoms with Crippen molar-refractivity contribution in [3.05, 3.63) is 40.7 Å². The quantitative estimate of drug-likeness (QED) is 0.456. The van der Waals surface area contributed by atoms with Gasteiger partial charge in [0.05, 0.1) is 17.9 Å². The number of esters is 2. The van der Waals surface area contributed by atoms with Gasteiger partial charge in [-0.3, -0.25) is 9.59 Å². The molecule has 0 amide bonds. The van der Waals surface area contributed by atoms with Crippen LogP contribution in [0.1, 0.15) is 26.7 Å². The predicted octanol–water partition coefficient (Wildman–Crippen LogP) is 3.67. The van der Waals surface area contributed by atoms with E-state index < -0.39 is 17.8 Å². The fourth-order valence-electron chi connectivity index (χ4n) is 1.32. The zero-order valence-corrected chi connectivity index (χ0v) is 12.6. The molecule has 0 radical (unpaired) electrons. The van der Waals surface area contributed by atoms with E-state index in [0.29, 0.717) is 0 Å². The molecule has 21 heavy (non-hydrogen) atoms. The number of para-hydroxylation sites is 1. The third kappa shape index (κ3) is 6.40. The van der Waals surface area contributed by atoms with Gasteiger partial charge < -0.3 is 9.47 Å². The standard InChI is InChI=1S/C15H16ClFO4/c1-10(2)8-9-20-13(18)6-7-14(19)21-15-11(16)4-3-5-12(15)17/h3-5,8H,6-7,9H2,1-2H3. The summed E-state index contributed by atoms with van der Waals surface area (Å²) in [7, 11) is 0. The second-order valence-electron chi connectivity index (χ2n) is 4.49. The minimum atomic E-state index is -0.749. The van der Waals surface area contributed by atoms with Crippen LogP contribution in [-0.2, 0) is 14.3 Å². The van der Waals surface area contributed by atoms with Crippen molar-refractivity contribution in [2.45, 2.75) is 26.7 Å². The highest BCUT2D eigenvalue weighted by atomic mass is 35.5. The maximum absolute atomic E-state index is 13.4. The average Bonchev–Trinajstić information content (AvgIpc) is 2.40. The number of benzene rings is 1. The van der Waals surface area contributed by atoms with Gasteiger partial charge in [-0.05, 0) is 32.1 Å². The first-order valence-electron chi connectivity index (χ1n) is 6.34. The van der Waals surface area contributed by atoms with E-state index in [-0.39, 0.29) is 30.2 Å². The second-order valence-corrected chi connectivity index (χ2v) is 4.90. The molecule has 0 heterocycles. The SMILES string of the molecule is CC(C)=CCOC(=O)CCC(=O)Oc1c(F)cccc1Cl. The lowest BCUT2D eigenvalue weighted by molar-refractivity contribution is -0.146. The number of rotatable bonds is 6. The van der Waals surface area contributed by atoms with Crippen LogP contribution in [0.2, 0.25) is 5.02 Å². The molecule has 0 spiro atoms. The maximum Gasteiger partial charge on any atom is 0.311 e. The van der Waals surface area contributed by atoms with Crippen molar-refractivity contribution in [1.82, 2.24) is 0 Å². The smallest absolute Gasteiger partial charge is 0.311 e. The van der Waals surface area contributed by atoms with E-state index in [0.717, 1.165) is 11.6 Å². The Morgan fingerprint density at radius 2 is 1.90 bits per heavy atom. The van der Waals surface area contributed by atoms with Gasteiger partial charge in [-0.1, -0.05) is 23.2 Å². The largest absolute Gasteiger partial charge is 0.461 e. The summed E-state index contributed by atoms with van der Waals surface area (Å²) in [5.74, 6) is -2.34. The monoisotopic (exact) mass is 314 g/mol. The molecule has 0 saturated carbocycles. The van der Waals surface area contributed by atoms with E-state index in [1.165, 1.54) is 12.1 Å². The van der Waals surface area contributed by atoms with Gasteiger partial charge in [-0.15, -0.1) is 0 Å². The molecule has 0 aromatic heterocycles. The Bertz CT molecular complexity index is 530. The Hall–Kier alpha value is -1.88. The lowest BCUT2D eigenvalue weighted by atomic mass is 10.3. The van der Waals surface area contributed by atoms with Crippen LogP contribution < -0.4 is 4.74 Å². The third-order valence-electron chi connectivity index (χ3n) is 2.40. The Balaban J connectivity index is 2.41. The summed E-state index contributed by atoms with van der Waals surface area (Å²) in [4.78, 5) is 22.9. The number of hydrogen-bond donors (Lipinski definition) is 0. The molecule has 0 aliphatic carbocycles. The molecule has 0 aliphatic heterocycles. The number of carbonyl (C=O) groups is 2. The van der Waals surface area contributed by atoms with Gasteiger partial charge in [0.15, 0.2) is 11.6 Å². The normalized spacial score (nSPS) is 9.90. The van der Waals surface area contributed by atoms with Gasteiger partial charge in [-0.25, -0.2) is 4.39 Å². The fourth-order valence-corrected chi connectivity index (χ4v) is 1.52. The Labute approximate surface area is 127 Å². The van der Waals surface area contributed by atoms with Gasteiger partial charge in [0.1, 0.15) is 6.61 Å². The predicted molar refractivity (Wildman–Crippen MR) is 76.7 cm³/mol. The molecule has 0 bridgehead atoms. The lowest BCUT2D eigenvalue weighted by Gasteiger charge is -2.07. The summed E-state index contributed by atoms with van der Waals surface area (Å²) in [6.07, 6.45) is 1.40. The molecule has 0 atom stereocenters. The summed E-state index contributed by atoms with van der Waals surface area (Å²) >= 11 is 5.72. The Morgan fingerprint density at radius 1 is 1.24 bits per heavy atom. The second kappa shape index (κ2) is 8.42. The Morgan fingerprint density at radius 3 is 2.52 bits per heavy atom. The zero-order valence-electron chi connectivity index (χ0n) is 11.8. The molecule has 0 unspecified atom stereocenters. The van der Waals surface area contributed by atoms with E-state index in [4.69, 9.17) is 21.1 Å². The van der Waals surface area contributed by atoms with Crippen molar-refractivity contribution >= 4 is 23.5 Å². The van der Waals surface area contributed by atoms with Gasteiger partial charge in [0, 0.05) is 0 Å². The van der Waals surface area contributed by atoms with Crippen molar-refractivity contribution in [3.8, 4) is 5.75 Å². The molecule has 1 rings (SSSR count). The number of allylic oxidation sites excluding steroid dienone is 1. The van der Waals surface area contributed by atoms with E-state index >= 15 is 0 Å². The van der Waals surface area contributed by atoms with Gasteiger partial charge in [-0.2, -0.15) is 0 Å². The first-order valence-corrected chi connectivity index (χ1v) is 6.71. The Kier molecular flexibility index (Phi) is 6.88. The highest BCUT2D eigenvalue weighted by molar-refractivity contribution is 6.32. The first-order chi connectivity index (χ1) is 9.90. The van der Waals surface area contributed by atoms with Gasteiger partial charge >= 0.3 is 11.9 Å². The van der Waals surface area contributed by atoms with Gasteiger partial charge in [0.2, 0.25) is 0 Å². The average molecular weight is 315 g/mol. The van der Waals surface area contributed by atoms with Crippen LogP contribution in [0, 0.1) is 5.82 Å². The molecule has 0 fully saturated rings. The van der Waals surface area contributed by atoms with Gasteiger partial charge in [0.25, 0.3) is 0 Å². The third-order valence-corrected chi connectivity index (χ3v) is 2.70. The number of halogens is 2. The van der Waals surface area contributed by atoms with E-state index in [1.54, 1.807) is 6.08 Å². The number of ether oxygens (including phenoxy) is 2. The summed E-state index contributed by atoms with van der Waals surface area (Å²) in [5.41, 5.74) is 1.02. The zero-order chi connectivity index (χ0) is 15.8. The molecule has 4 nitrogen and oxygen atoms in total. The van der Waals surface area contributed by atoms with Crippen molar-refractivity contribution in [1.29, 1.82) is 0 Å². The molecule has 1 aromatic carbocycles. The highest BCUT2D eigenvalue weighted by Crippen LogP contribution is 2.27. The summed E-state index contributed by atoms with van der Waals surface area (Å²) in [5, 5.41) is -0.00511. The van der Waals surface area contributed by atoms with Crippen LogP contribution in [0.25, 0.3) is 0 Å². The van der Waals surface area contributed by atoms with Crippen LogP contribution in [0.4, 0.5) is 4.39 Å². The number of carbonyl (C=O) groups excluding carboxylic acids is 2. The first kappa shape index (κ1) is 17.2. The molecule has 0 N–H and O–H groups in total. The summed E-state index contributed by atoms with van der Waals surface area (Å²) in [6.45, 7) is 3.92. The van der Waals surface area contributed by atoms with E-state index in [9.17, 15) is 14.0 Å². The van der Waals surface area contributed by atoms with E-state index in [1.807, 2.05) is 13.8 Å². The van der Waals surface area contributed by atoms with Crippen molar-refractivity contribution in [2.75, 3.05) is 6.61 Å². The molecule has 6 heteroatoms. The molecule has 1 aromatic rings. The minimum absolute atomic E-state index is 0.00511.